The third-order valence-corrected chi connectivity index (χ3v) is 1.77. The van der Waals surface area contributed by atoms with Crippen molar-refractivity contribution in [1.82, 2.24) is 0 Å². The molecule has 1 aromatic rings. The van der Waals surface area contributed by atoms with Gasteiger partial charge in [-0.3, -0.25) is 0 Å². The lowest BCUT2D eigenvalue weighted by atomic mass is 10.2. The van der Waals surface area contributed by atoms with Crippen LogP contribution < -0.4 is 10.5 Å². The molecule has 0 unspecified atom stereocenters. The van der Waals surface area contributed by atoms with E-state index in [1.54, 1.807) is 0 Å². The van der Waals surface area contributed by atoms with E-state index in [-0.39, 0.29) is 22.0 Å². The van der Waals surface area contributed by atoms with Crippen molar-refractivity contribution in [2.45, 2.75) is 0 Å². The maximum absolute atomic E-state index is 10.8. The normalized spacial score (nSPS) is 14.1. The van der Waals surface area contributed by atoms with Gasteiger partial charge in [0, 0.05) is 6.07 Å². The number of anilines is 1. The number of benzene rings is 1. The number of halogens is 1. The molecule has 0 fully saturated rings. The van der Waals surface area contributed by atoms with Gasteiger partial charge in [-0.2, -0.15) is 0 Å². The number of carbonyl (C=O) groups is 1. The fraction of sp³-hybridized carbons (Fsp3) is 0.125. The Morgan fingerprint density at radius 1 is 1.77 bits per heavy atom. The Labute approximate surface area is 84.1 Å². The minimum absolute atomic E-state index is 0.0234. The van der Waals surface area contributed by atoms with Gasteiger partial charge in [-0.25, -0.2) is 4.79 Å². The third-order valence-electron chi connectivity index (χ3n) is 1.44. The topological polar surface area (TPSA) is 72.5 Å². The Morgan fingerprint density at radius 3 is 3.00 bits per heavy atom. The Hall–Kier alpha value is -1.42. The quantitative estimate of drug-likeness (QED) is 0.569. The number of hydrogen-bond acceptors (Lipinski definition) is 3. The number of hydrogen-bond donors (Lipinski definition) is 2. The van der Waals surface area contributed by atoms with Gasteiger partial charge < -0.3 is 15.6 Å². The van der Waals surface area contributed by atoms with E-state index in [0.29, 0.717) is 0 Å². The van der Waals surface area contributed by atoms with Crippen molar-refractivity contribution in [1.29, 1.82) is 0 Å². The zero-order valence-corrected chi connectivity index (χ0v) is 7.13. The van der Waals surface area contributed by atoms with Crippen molar-refractivity contribution in [2.24, 2.45) is 0 Å². The lowest BCUT2D eigenvalue weighted by Crippen LogP contribution is -2.01. The average molecular weight is 206 g/mol. The molecule has 3 N–H and O–H groups in total. The van der Waals surface area contributed by atoms with E-state index in [1.807, 2.05) is 0 Å². The second kappa shape index (κ2) is 3.53. The molecule has 0 aromatic heterocycles. The van der Waals surface area contributed by atoms with Crippen LogP contribution >= 0.6 is 11.6 Å². The van der Waals surface area contributed by atoms with E-state index in [4.69, 9.17) is 26.6 Å². The molecule has 0 amide bonds. The van der Waals surface area contributed by atoms with Crippen LogP contribution in [0.3, 0.4) is 0 Å². The fourth-order valence-corrected chi connectivity index (χ4v) is 0.984. The lowest BCUT2D eigenvalue weighted by Gasteiger charge is -2.06. The van der Waals surface area contributed by atoms with Crippen LogP contribution in [0.15, 0.2) is 12.1 Å². The van der Waals surface area contributed by atoms with Gasteiger partial charge in [0.25, 0.3) is 0 Å². The zero-order valence-electron chi connectivity index (χ0n) is 9.37. The van der Waals surface area contributed by atoms with Gasteiger partial charge in [0.15, 0.2) is 0 Å². The van der Waals surface area contributed by atoms with Gasteiger partial charge in [-0.15, -0.1) is 0 Å². The molecule has 0 heterocycles. The summed E-state index contributed by atoms with van der Waals surface area (Å²) in [5, 5.41) is 8.84. The molecule has 70 valence electrons. The summed E-state index contributed by atoms with van der Waals surface area (Å²) in [6, 6.07) is 2.11. The first-order valence-corrected chi connectivity index (χ1v) is 3.60. The van der Waals surface area contributed by atoms with E-state index in [9.17, 15) is 4.79 Å². The van der Waals surface area contributed by atoms with E-state index in [0.717, 1.165) is 12.1 Å². The predicted octanol–water partition coefficient (Wildman–Crippen LogP) is 1.63. The molecule has 1 aromatic carbocycles. The van der Waals surface area contributed by atoms with Crippen molar-refractivity contribution in [3.05, 3.63) is 22.7 Å². The van der Waals surface area contributed by atoms with Crippen molar-refractivity contribution in [3.63, 3.8) is 0 Å². The SMILES string of the molecule is [2H][13C]([2H])([2H])Oc1cc(N)c(Cl)cc1C(=O)O. The maximum atomic E-state index is 10.8. The van der Waals surface area contributed by atoms with Crippen LogP contribution in [0.1, 0.15) is 14.5 Å². The molecule has 0 saturated carbocycles. The summed E-state index contributed by atoms with van der Waals surface area (Å²) in [5.41, 5.74) is 5.12. The van der Waals surface area contributed by atoms with Gasteiger partial charge in [-0.05, 0) is 6.07 Å². The van der Waals surface area contributed by atoms with E-state index in [1.165, 1.54) is 0 Å². The van der Waals surface area contributed by atoms with Crippen molar-refractivity contribution < 1.29 is 18.8 Å². The van der Waals surface area contributed by atoms with Crippen molar-refractivity contribution >= 4 is 23.3 Å². The fourth-order valence-electron chi connectivity index (χ4n) is 0.821. The summed E-state index contributed by atoms with van der Waals surface area (Å²) < 4.78 is 25.1. The van der Waals surface area contributed by atoms with Crippen LogP contribution in [0, 0.1) is 0 Å². The third kappa shape index (κ3) is 1.84. The van der Waals surface area contributed by atoms with Gasteiger partial charge in [0.2, 0.25) is 0 Å². The first-order valence-electron chi connectivity index (χ1n) is 4.72. The maximum Gasteiger partial charge on any atom is 0.339 e. The average Bonchev–Trinajstić information content (AvgIpc) is 2.07. The highest BCUT2D eigenvalue weighted by atomic mass is 35.5. The van der Waals surface area contributed by atoms with E-state index >= 15 is 0 Å². The van der Waals surface area contributed by atoms with Crippen LogP contribution in [0.4, 0.5) is 5.69 Å². The molecule has 0 radical (unpaired) electrons. The predicted molar refractivity (Wildman–Crippen MR) is 49.4 cm³/mol. The zero-order chi connectivity index (χ0) is 12.5. The van der Waals surface area contributed by atoms with E-state index in [2.05, 4.69) is 4.74 Å². The molecule has 5 heteroatoms. The molecule has 0 spiro atoms. The minimum Gasteiger partial charge on any atom is -0.496 e. The van der Waals surface area contributed by atoms with Gasteiger partial charge in [-0.1, -0.05) is 11.6 Å². The number of rotatable bonds is 2. The summed E-state index contributed by atoms with van der Waals surface area (Å²) in [6.07, 6.45) is 0. The minimum atomic E-state index is -2.75. The largest absolute Gasteiger partial charge is 0.496 e. The van der Waals surface area contributed by atoms with Crippen LogP contribution in [-0.4, -0.2) is 18.1 Å². The Kier molecular flexibility index (Phi) is 1.66. The summed E-state index contributed by atoms with van der Waals surface area (Å²) in [4.78, 5) is 10.8. The number of ether oxygens (including phenoxy) is 1. The summed E-state index contributed by atoms with van der Waals surface area (Å²) in [6.45, 7) is 0. The first-order chi connectivity index (χ1) is 7.20. The molecule has 1 rings (SSSR count). The number of nitrogens with two attached hydrogens (primary N) is 1. The Morgan fingerprint density at radius 2 is 2.46 bits per heavy atom. The molecule has 4 nitrogen and oxygen atoms in total. The number of methoxy groups -OCH3 is 1. The number of aromatic carboxylic acids is 1. The van der Waals surface area contributed by atoms with Crippen molar-refractivity contribution in [3.8, 4) is 5.75 Å². The molecular weight excluding hydrogens is 195 g/mol. The van der Waals surface area contributed by atoms with Gasteiger partial charge in [0.1, 0.15) is 11.3 Å². The molecule has 0 saturated heterocycles. The van der Waals surface area contributed by atoms with Gasteiger partial charge in [0.05, 0.1) is 21.9 Å². The number of carboxylic acids is 1. The molecule has 0 atom stereocenters. The molecule has 0 bridgehead atoms. The molecular formula is C8H8ClNO3. The number of carboxylic acid groups (broad SMARTS) is 1. The molecule has 0 aliphatic rings. The Bertz CT molecular complexity index is 433. The lowest BCUT2D eigenvalue weighted by molar-refractivity contribution is 0.0693. The highest BCUT2D eigenvalue weighted by Crippen LogP contribution is 2.28. The van der Waals surface area contributed by atoms with Crippen LogP contribution in [-0.2, 0) is 0 Å². The van der Waals surface area contributed by atoms with Gasteiger partial charge >= 0.3 is 5.97 Å². The summed E-state index contributed by atoms with van der Waals surface area (Å²) in [7, 11) is -2.75. The Balaban J connectivity index is 3.25. The van der Waals surface area contributed by atoms with Crippen LogP contribution in [0.2, 0.25) is 5.02 Å². The smallest absolute Gasteiger partial charge is 0.339 e. The first kappa shape index (κ1) is 6.10. The van der Waals surface area contributed by atoms with Crippen molar-refractivity contribution in [2.75, 3.05) is 12.8 Å². The summed E-state index contributed by atoms with van der Waals surface area (Å²) >= 11 is 5.62. The second-order valence-electron chi connectivity index (χ2n) is 2.28. The standard InChI is InChI=1S/C8H8ClNO3/c1-13-7-3-6(10)5(9)2-4(7)8(11)12/h2-3H,10H2,1H3,(H,11,12)/i1+1D3. The van der Waals surface area contributed by atoms with Crippen LogP contribution in [0.25, 0.3) is 0 Å². The summed E-state index contributed by atoms with van der Waals surface area (Å²) in [5.74, 6) is -1.68. The van der Waals surface area contributed by atoms with E-state index < -0.39 is 13.0 Å². The molecule has 13 heavy (non-hydrogen) atoms. The molecule has 0 aliphatic carbocycles. The molecule has 0 aliphatic heterocycles. The highest BCUT2D eigenvalue weighted by Gasteiger charge is 2.13. The van der Waals surface area contributed by atoms with Crippen LogP contribution in [0.5, 0.6) is 5.75 Å². The number of nitrogen functional groups attached to an aromatic ring is 1. The monoisotopic (exact) mass is 205 g/mol. The second-order valence-corrected chi connectivity index (χ2v) is 2.68. The highest BCUT2D eigenvalue weighted by molar-refractivity contribution is 6.33.